The lowest BCUT2D eigenvalue weighted by molar-refractivity contribution is -0.0659. The molecule has 0 aliphatic carbocycles. The summed E-state index contributed by atoms with van der Waals surface area (Å²) in [4.78, 5) is 16.0. The van der Waals surface area contributed by atoms with Crippen molar-refractivity contribution in [2.24, 2.45) is 0 Å². The Labute approximate surface area is 152 Å². The molecule has 1 aliphatic rings. The highest BCUT2D eigenvalue weighted by molar-refractivity contribution is 7.14. The van der Waals surface area contributed by atoms with Crippen molar-refractivity contribution in [2.75, 3.05) is 13.1 Å². The van der Waals surface area contributed by atoms with Gasteiger partial charge >= 0.3 is 0 Å². The van der Waals surface area contributed by atoms with Crippen LogP contribution in [0.25, 0.3) is 16.3 Å². The van der Waals surface area contributed by atoms with Gasteiger partial charge in [-0.3, -0.25) is 9.47 Å². The molecule has 0 aromatic carbocycles. The number of alkyl halides is 2. The number of aryl methyl sites for hydroxylation is 1. The Morgan fingerprint density at radius 3 is 2.96 bits per heavy atom. The second-order valence-electron chi connectivity index (χ2n) is 6.25. The van der Waals surface area contributed by atoms with E-state index in [-0.39, 0.29) is 13.0 Å². The average Bonchev–Trinajstić information content (AvgIpc) is 3.09. The summed E-state index contributed by atoms with van der Waals surface area (Å²) in [6, 6.07) is 3.52. The van der Waals surface area contributed by atoms with E-state index < -0.39 is 5.92 Å². The van der Waals surface area contributed by atoms with Gasteiger partial charge in [-0.15, -0.1) is 0 Å². The Morgan fingerprint density at radius 1 is 1.32 bits per heavy atom. The molecule has 4 heterocycles. The van der Waals surface area contributed by atoms with Crippen LogP contribution in [0.3, 0.4) is 0 Å². The highest BCUT2D eigenvalue weighted by atomic mass is 35.5. The molecule has 132 valence electrons. The van der Waals surface area contributed by atoms with Crippen molar-refractivity contribution in [3.63, 3.8) is 0 Å². The quantitative estimate of drug-likeness (QED) is 0.640. The van der Waals surface area contributed by atoms with Crippen LogP contribution in [-0.2, 0) is 6.54 Å². The van der Waals surface area contributed by atoms with E-state index in [9.17, 15) is 8.78 Å². The summed E-state index contributed by atoms with van der Waals surface area (Å²) in [7, 11) is 0. The summed E-state index contributed by atoms with van der Waals surface area (Å²) in [5.41, 5.74) is 1.39. The SMILES string of the molecule is Cc1nc2ccc(Cl)nc2n1-c1ncc(CN2CCCC(F)(F)C2)s1. The topological polar surface area (TPSA) is 46.8 Å². The number of likely N-dealkylation sites (tertiary alicyclic amines) is 1. The number of imidazole rings is 1. The van der Waals surface area contributed by atoms with Gasteiger partial charge in [0, 0.05) is 24.0 Å². The summed E-state index contributed by atoms with van der Waals surface area (Å²) >= 11 is 7.46. The standard InChI is InChI=1S/C16H16ClF2N5S/c1-10-21-12-3-4-13(17)22-14(12)24(10)15-20-7-11(25-15)8-23-6-2-5-16(18,19)9-23/h3-4,7H,2,5-6,8-9H2,1H3. The Balaban J connectivity index is 1.61. The number of piperidine rings is 1. The predicted molar refractivity (Wildman–Crippen MR) is 93.7 cm³/mol. The third kappa shape index (κ3) is 3.38. The fraction of sp³-hybridized carbons (Fsp3) is 0.438. The molecule has 0 N–H and O–H groups in total. The summed E-state index contributed by atoms with van der Waals surface area (Å²) in [5, 5.41) is 1.11. The molecule has 0 atom stereocenters. The molecule has 1 fully saturated rings. The lowest BCUT2D eigenvalue weighted by atomic mass is 10.1. The van der Waals surface area contributed by atoms with Crippen molar-refractivity contribution >= 4 is 34.1 Å². The molecule has 25 heavy (non-hydrogen) atoms. The van der Waals surface area contributed by atoms with Crippen molar-refractivity contribution in [1.29, 1.82) is 0 Å². The first-order chi connectivity index (χ1) is 11.9. The molecule has 0 amide bonds. The van der Waals surface area contributed by atoms with Crippen LogP contribution in [0.1, 0.15) is 23.5 Å². The molecule has 0 saturated carbocycles. The van der Waals surface area contributed by atoms with Crippen LogP contribution >= 0.6 is 22.9 Å². The maximum Gasteiger partial charge on any atom is 0.260 e. The fourth-order valence-electron chi connectivity index (χ4n) is 3.15. The van der Waals surface area contributed by atoms with E-state index in [1.54, 1.807) is 17.2 Å². The van der Waals surface area contributed by atoms with Crippen LogP contribution in [0.5, 0.6) is 0 Å². The summed E-state index contributed by atoms with van der Waals surface area (Å²) in [5.74, 6) is -1.83. The average molecular weight is 384 g/mol. The van der Waals surface area contributed by atoms with Gasteiger partial charge in [0.1, 0.15) is 16.5 Å². The van der Waals surface area contributed by atoms with E-state index >= 15 is 0 Å². The van der Waals surface area contributed by atoms with Crippen LogP contribution < -0.4 is 0 Å². The first kappa shape index (κ1) is 16.8. The monoisotopic (exact) mass is 383 g/mol. The molecule has 4 rings (SSSR count). The molecule has 1 aliphatic heterocycles. The highest BCUT2D eigenvalue weighted by Crippen LogP contribution is 2.29. The zero-order chi connectivity index (χ0) is 17.6. The summed E-state index contributed by atoms with van der Waals surface area (Å²) < 4.78 is 29.0. The molecule has 0 unspecified atom stereocenters. The van der Waals surface area contributed by atoms with Gasteiger partial charge in [-0.2, -0.15) is 0 Å². The third-order valence-electron chi connectivity index (χ3n) is 4.22. The fourth-order valence-corrected chi connectivity index (χ4v) is 4.30. The Kier molecular flexibility index (Phi) is 4.21. The third-order valence-corrected chi connectivity index (χ3v) is 5.40. The largest absolute Gasteiger partial charge is 0.292 e. The first-order valence-corrected chi connectivity index (χ1v) is 9.18. The number of halogens is 3. The van der Waals surface area contributed by atoms with E-state index in [0.29, 0.717) is 35.4 Å². The van der Waals surface area contributed by atoms with Gasteiger partial charge in [-0.05, 0) is 32.0 Å². The number of nitrogens with zero attached hydrogens (tertiary/aromatic N) is 5. The maximum atomic E-state index is 13.6. The van der Waals surface area contributed by atoms with Gasteiger partial charge in [0.25, 0.3) is 5.92 Å². The smallest absolute Gasteiger partial charge is 0.260 e. The number of fused-ring (bicyclic) bond motifs is 1. The predicted octanol–water partition coefficient (Wildman–Crippen LogP) is 4.07. The van der Waals surface area contributed by atoms with Gasteiger partial charge in [0.15, 0.2) is 10.8 Å². The van der Waals surface area contributed by atoms with Gasteiger partial charge in [-0.25, -0.2) is 23.7 Å². The molecule has 0 spiro atoms. The molecule has 0 bridgehead atoms. The number of pyridine rings is 1. The van der Waals surface area contributed by atoms with Crippen molar-refractivity contribution in [2.45, 2.75) is 32.2 Å². The minimum absolute atomic E-state index is 0.0237. The minimum atomic E-state index is -2.59. The van der Waals surface area contributed by atoms with Gasteiger partial charge < -0.3 is 0 Å². The number of hydrogen-bond acceptors (Lipinski definition) is 5. The number of rotatable bonds is 3. The molecule has 0 radical (unpaired) electrons. The summed E-state index contributed by atoms with van der Waals surface area (Å²) in [6.45, 7) is 2.85. The lowest BCUT2D eigenvalue weighted by Crippen LogP contribution is -2.41. The molecular weight excluding hydrogens is 368 g/mol. The maximum absolute atomic E-state index is 13.6. The van der Waals surface area contributed by atoms with Crippen LogP contribution in [0.15, 0.2) is 18.3 Å². The Bertz CT molecular complexity index is 923. The molecule has 5 nitrogen and oxygen atoms in total. The zero-order valence-electron chi connectivity index (χ0n) is 13.5. The number of thiazole rings is 1. The Hall–Kier alpha value is -1.64. The van der Waals surface area contributed by atoms with Crippen LogP contribution in [-0.4, -0.2) is 43.4 Å². The van der Waals surface area contributed by atoms with Crippen molar-refractivity contribution < 1.29 is 8.78 Å². The van der Waals surface area contributed by atoms with Crippen molar-refractivity contribution in [3.05, 3.63) is 34.2 Å². The minimum Gasteiger partial charge on any atom is -0.292 e. The Morgan fingerprint density at radius 2 is 2.16 bits per heavy atom. The lowest BCUT2D eigenvalue weighted by Gasteiger charge is -2.31. The molecule has 1 saturated heterocycles. The van der Waals surface area contributed by atoms with Gasteiger partial charge in [-0.1, -0.05) is 22.9 Å². The molecule has 3 aromatic heterocycles. The number of hydrogen-bond donors (Lipinski definition) is 0. The van der Waals surface area contributed by atoms with Crippen molar-refractivity contribution in [1.82, 2.24) is 24.4 Å². The van der Waals surface area contributed by atoms with Gasteiger partial charge in [0.05, 0.1) is 6.54 Å². The van der Waals surface area contributed by atoms with E-state index in [4.69, 9.17) is 11.6 Å². The summed E-state index contributed by atoms with van der Waals surface area (Å²) in [6.07, 6.45) is 2.24. The van der Waals surface area contributed by atoms with Gasteiger partial charge in [0.2, 0.25) is 0 Å². The van der Waals surface area contributed by atoms with Crippen LogP contribution in [0.4, 0.5) is 8.78 Å². The van der Waals surface area contributed by atoms with E-state index in [1.807, 2.05) is 17.6 Å². The second-order valence-corrected chi connectivity index (χ2v) is 7.73. The second kappa shape index (κ2) is 6.26. The van der Waals surface area contributed by atoms with E-state index in [2.05, 4.69) is 15.0 Å². The van der Waals surface area contributed by atoms with E-state index in [0.717, 1.165) is 16.2 Å². The van der Waals surface area contributed by atoms with Crippen molar-refractivity contribution in [3.8, 4) is 5.13 Å². The highest BCUT2D eigenvalue weighted by Gasteiger charge is 2.35. The van der Waals surface area contributed by atoms with Crippen LogP contribution in [0, 0.1) is 6.92 Å². The molecular formula is C16H16ClF2N5S. The van der Waals surface area contributed by atoms with Crippen LogP contribution in [0.2, 0.25) is 5.15 Å². The molecule has 3 aromatic rings. The molecule has 9 heteroatoms. The van der Waals surface area contributed by atoms with E-state index in [1.165, 1.54) is 11.3 Å². The first-order valence-electron chi connectivity index (χ1n) is 7.98. The number of aromatic nitrogens is 4. The zero-order valence-corrected chi connectivity index (χ0v) is 15.1. The normalized spacial score (nSPS) is 18.1.